The van der Waals surface area contributed by atoms with Gasteiger partial charge in [-0.05, 0) is 12.5 Å². The van der Waals surface area contributed by atoms with Gasteiger partial charge in [-0.1, -0.05) is 0 Å². The molecular formula is C10H14FN3O. The number of aryl methyl sites for hydroxylation is 1. The van der Waals surface area contributed by atoms with Gasteiger partial charge in [-0.25, -0.2) is 4.39 Å². The largest absolute Gasteiger partial charge is 0.364 e. The minimum absolute atomic E-state index is 0.244. The van der Waals surface area contributed by atoms with E-state index in [0.717, 1.165) is 24.3 Å². The van der Waals surface area contributed by atoms with Crippen molar-refractivity contribution in [2.75, 3.05) is 26.4 Å². The molecule has 0 radical (unpaired) electrons. The minimum atomic E-state index is -0.419. The van der Waals surface area contributed by atoms with Gasteiger partial charge in [0.05, 0.1) is 18.5 Å². The Hall–Kier alpha value is -0.940. The van der Waals surface area contributed by atoms with Gasteiger partial charge in [-0.15, -0.1) is 0 Å². The Kier molecular flexibility index (Phi) is 1.87. The third-order valence-electron chi connectivity index (χ3n) is 3.31. The van der Waals surface area contributed by atoms with Crippen LogP contribution in [0.1, 0.15) is 17.3 Å². The molecule has 15 heavy (non-hydrogen) atoms. The summed E-state index contributed by atoms with van der Waals surface area (Å²) in [4.78, 5) is 0. The van der Waals surface area contributed by atoms with E-state index in [0.29, 0.717) is 6.61 Å². The molecule has 2 aliphatic heterocycles. The highest BCUT2D eigenvalue weighted by molar-refractivity contribution is 5.29. The molecule has 1 aromatic rings. The van der Waals surface area contributed by atoms with Crippen LogP contribution in [0.2, 0.25) is 0 Å². The highest BCUT2D eigenvalue weighted by Crippen LogP contribution is 2.38. The Morgan fingerprint density at radius 3 is 3.13 bits per heavy atom. The van der Waals surface area contributed by atoms with E-state index in [2.05, 4.69) is 10.4 Å². The lowest BCUT2D eigenvalue weighted by Crippen LogP contribution is -2.62. The molecule has 4 nitrogen and oxygen atoms in total. The molecule has 0 bridgehead atoms. The maximum absolute atomic E-state index is 12.8. The molecule has 0 unspecified atom stereocenters. The maximum atomic E-state index is 12.8. The average molecular weight is 211 g/mol. The van der Waals surface area contributed by atoms with E-state index in [4.69, 9.17) is 4.74 Å². The van der Waals surface area contributed by atoms with E-state index in [1.807, 2.05) is 6.92 Å². The fraction of sp³-hybridized carbons (Fsp3) is 0.700. The smallest absolute Gasteiger partial charge is 0.135 e. The number of ether oxygens (including phenoxy) is 1. The van der Waals surface area contributed by atoms with Gasteiger partial charge < -0.3 is 10.1 Å². The minimum Gasteiger partial charge on any atom is -0.364 e. The topological polar surface area (TPSA) is 39.1 Å². The summed E-state index contributed by atoms with van der Waals surface area (Å²) in [5, 5.41) is 7.46. The van der Waals surface area contributed by atoms with Crippen LogP contribution in [0.4, 0.5) is 4.39 Å². The van der Waals surface area contributed by atoms with Crippen molar-refractivity contribution in [2.45, 2.75) is 18.6 Å². The summed E-state index contributed by atoms with van der Waals surface area (Å²) in [7, 11) is 0. The lowest BCUT2D eigenvalue weighted by Gasteiger charge is -2.47. The molecule has 82 valence electrons. The molecule has 3 heterocycles. The number of rotatable bonds is 1. The van der Waals surface area contributed by atoms with Crippen molar-refractivity contribution in [3.05, 3.63) is 17.5 Å². The first-order valence-electron chi connectivity index (χ1n) is 5.22. The fourth-order valence-corrected chi connectivity index (χ4v) is 2.42. The first-order chi connectivity index (χ1) is 7.27. The molecular weight excluding hydrogens is 197 g/mol. The van der Waals surface area contributed by atoms with Gasteiger partial charge in [0, 0.05) is 13.1 Å². The Morgan fingerprint density at radius 1 is 1.73 bits per heavy atom. The number of halogens is 1. The molecule has 1 fully saturated rings. The first-order valence-corrected chi connectivity index (χ1v) is 5.22. The summed E-state index contributed by atoms with van der Waals surface area (Å²) in [5.41, 5.74) is 1.90. The molecule has 1 spiro atoms. The molecule has 1 N–H and O–H groups in total. The highest BCUT2D eigenvalue weighted by Gasteiger charge is 2.47. The molecule has 1 saturated heterocycles. The predicted octanol–water partition coefficient (Wildman–Crippen LogP) is 0.531. The van der Waals surface area contributed by atoms with Crippen LogP contribution in [-0.4, -0.2) is 36.2 Å². The van der Waals surface area contributed by atoms with Gasteiger partial charge >= 0.3 is 0 Å². The van der Waals surface area contributed by atoms with Gasteiger partial charge in [0.15, 0.2) is 0 Å². The van der Waals surface area contributed by atoms with Crippen molar-refractivity contribution in [3.63, 3.8) is 0 Å². The fourth-order valence-electron chi connectivity index (χ4n) is 2.42. The average Bonchev–Trinajstić information content (AvgIpc) is 2.58. The van der Waals surface area contributed by atoms with E-state index < -0.39 is 6.67 Å². The van der Waals surface area contributed by atoms with Gasteiger partial charge in [0.1, 0.15) is 18.3 Å². The number of fused-ring (bicyclic) bond motifs is 2. The van der Waals surface area contributed by atoms with Gasteiger partial charge in [-0.3, -0.25) is 4.68 Å². The summed E-state index contributed by atoms with van der Waals surface area (Å²) in [6, 6.07) is -0.250. The molecule has 5 heteroatoms. The van der Waals surface area contributed by atoms with Crippen molar-refractivity contribution in [3.8, 4) is 0 Å². The lowest BCUT2D eigenvalue weighted by atomic mass is 9.88. The van der Waals surface area contributed by atoms with Crippen LogP contribution in [-0.2, 0) is 10.3 Å². The third kappa shape index (κ3) is 1.10. The van der Waals surface area contributed by atoms with Crippen molar-refractivity contribution in [2.24, 2.45) is 0 Å². The van der Waals surface area contributed by atoms with Gasteiger partial charge in [0.2, 0.25) is 0 Å². The van der Waals surface area contributed by atoms with Crippen LogP contribution in [0.5, 0.6) is 0 Å². The molecule has 3 rings (SSSR count). The second-order valence-electron chi connectivity index (χ2n) is 4.34. The summed E-state index contributed by atoms with van der Waals surface area (Å²) >= 11 is 0. The molecule has 0 saturated carbocycles. The molecule has 2 aliphatic rings. The van der Waals surface area contributed by atoms with E-state index in [1.165, 1.54) is 0 Å². The Morgan fingerprint density at radius 2 is 2.53 bits per heavy atom. The standard InChI is InChI=1S/C10H14FN3O/c1-7-3-13-14-8(2-11)4-15-10(9(7)14)5-12-6-10/h3,8,12H,2,4-6H2,1H3/t8-/m1/s1. The number of hydrogen-bond donors (Lipinski definition) is 1. The lowest BCUT2D eigenvalue weighted by molar-refractivity contribution is -0.127. The van der Waals surface area contributed by atoms with Crippen LogP contribution in [0.15, 0.2) is 6.20 Å². The van der Waals surface area contributed by atoms with E-state index in [1.54, 1.807) is 10.9 Å². The van der Waals surface area contributed by atoms with Crippen molar-refractivity contribution in [1.29, 1.82) is 0 Å². The van der Waals surface area contributed by atoms with Crippen LogP contribution < -0.4 is 5.32 Å². The Labute approximate surface area is 87.4 Å². The molecule has 0 amide bonds. The monoisotopic (exact) mass is 211 g/mol. The zero-order valence-electron chi connectivity index (χ0n) is 8.66. The molecule has 1 aromatic heterocycles. The van der Waals surface area contributed by atoms with Gasteiger partial charge in [-0.2, -0.15) is 5.10 Å². The number of aromatic nitrogens is 2. The second kappa shape index (κ2) is 3.02. The Bertz CT molecular complexity index is 386. The normalized spacial score (nSPS) is 27.5. The SMILES string of the molecule is Cc1cnn2c1C1(CNC1)OC[C@H]2CF. The second-order valence-corrected chi connectivity index (χ2v) is 4.34. The summed E-state index contributed by atoms with van der Waals surface area (Å²) in [6.07, 6.45) is 1.80. The van der Waals surface area contributed by atoms with Gasteiger partial charge in [0.25, 0.3) is 0 Å². The summed E-state index contributed by atoms with van der Waals surface area (Å²) in [5.74, 6) is 0. The molecule has 1 atom stereocenters. The number of nitrogens with one attached hydrogen (secondary N) is 1. The third-order valence-corrected chi connectivity index (χ3v) is 3.31. The highest BCUT2D eigenvalue weighted by atomic mass is 19.1. The van der Waals surface area contributed by atoms with E-state index in [-0.39, 0.29) is 11.6 Å². The quantitative estimate of drug-likeness (QED) is 0.736. The predicted molar refractivity (Wildman–Crippen MR) is 52.5 cm³/mol. The van der Waals surface area contributed by atoms with Crippen LogP contribution in [0.25, 0.3) is 0 Å². The molecule has 0 aliphatic carbocycles. The zero-order chi connectivity index (χ0) is 10.5. The maximum Gasteiger partial charge on any atom is 0.135 e. The number of alkyl halides is 1. The number of hydrogen-bond acceptors (Lipinski definition) is 3. The summed E-state index contributed by atoms with van der Waals surface area (Å²) in [6.45, 7) is 3.61. The van der Waals surface area contributed by atoms with Crippen LogP contribution in [0, 0.1) is 6.92 Å². The van der Waals surface area contributed by atoms with E-state index in [9.17, 15) is 4.39 Å². The number of nitrogens with zero attached hydrogens (tertiary/aromatic N) is 2. The van der Waals surface area contributed by atoms with Crippen molar-refractivity contribution < 1.29 is 9.13 Å². The first kappa shape index (κ1) is 9.30. The van der Waals surface area contributed by atoms with Crippen LogP contribution >= 0.6 is 0 Å². The van der Waals surface area contributed by atoms with Crippen molar-refractivity contribution >= 4 is 0 Å². The van der Waals surface area contributed by atoms with E-state index >= 15 is 0 Å². The van der Waals surface area contributed by atoms with Crippen LogP contribution in [0.3, 0.4) is 0 Å². The zero-order valence-corrected chi connectivity index (χ0v) is 8.66. The Balaban J connectivity index is 2.09. The van der Waals surface area contributed by atoms with Crippen molar-refractivity contribution in [1.82, 2.24) is 15.1 Å². The summed E-state index contributed by atoms with van der Waals surface area (Å²) < 4.78 is 20.4. The molecule has 0 aromatic carbocycles.